The van der Waals surface area contributed by atoms with Gasteiger partial charge in [0.05, 0.1) is 21.7 Å². The van der Waals surface area contributed by atoms with Crippen molar-refractivity contribution in [3.8, 4) is 22.6 Å². The first-order chi connectivity index (χ1) is 14.1. The summed E-state index contributed by atoms with van der Waals surface area (Å²) in [5.41, 5.74) is 1.55. The largest absolute Gasteiger partial charge is 0.488 e. The van der Waals surface area contributed by atoms with Gasteiger partial charge in [-0.15, -0.1) is 11.6 Å². The molecule has 0 aliphatic heterocycles. The molecule has 1 atom stereocenters. The highest BCUT2D eigenvalue weighted by Gasteiger charge is 2.13. The number of aliphatic hydroxyl groups excluding tert-OH is 1. The molecule has 0 heterocycles. The summed E-state index contributed by atoms with van der Waals surface area (Å²) in [6, 6.07) is 10.3. The Morgan fingerprint density at radius 2 is 1.67 bits per heavy atom. The lowest BCUT2D eigenvalue weighted by molar-refractivity contribution is -0.120. The fourth-order valence-corrected chi connectivity index (χ4v) is 3.65. The van der Waals surface area contributed by atoms with E-state index in [4.69, 9.17) is 44.3 Å². The molecule has 0 amide bonds. The third-order valence-corrected chi connectivity index (χ3v) is 5.80. The predicted octanol–water partition coefficient (Wildman–Crippen LogP) is 4.02. The molecule has 0 bridgehead atoms. The molecule has 0 saturated heterocycles. The van der Waals surface area contributed by atoms with E-state index in [0.29, 0.717) is 5.75 Å². The molecule has 2 aromatic carbocycles. The van der Waals surface area contributed by atoms with Crippen LogP contribution in [0.4, 0.5) is 0 Å². The maximum Gasteiger partial charge on any atom is 0.171 e. The monoisotopic (exact) mass is 494 g/mol. The highest BCUT2D eigenvalue weighted by Crippen LogP contribution is 2.38. The molecule has 0 aromatic heterocycles. The molecule has 2 rings (SSSR count). The van der Waals surface area contributed by atoms with Crippen LogP contribution in [0.5, 0.6) is 11.5 Å². The van der Waals surface area contributed by atoms with Crippen LogP contribution in [0.15, 0.2) is 36.4 Å². The number of carbonyl (C=O) groups excluding carboxylic acids is 1. The normalized spacial score (nSPS) is 12.4. The molecule has 2 aromatic rings. The Balaban J connectivity index is 2.01. The van der Waals surface area contributed by atoms with Crippen molar-refractivity contribution in [2.45, 2.75) is 12.5 Å². The molecular weight excluding hydrogens is 475 g/mol. The quantitative estimate of drug-likeness (QED) is 0.474. The molecule has 0 aliphatic carbocycles. The van der Waals surface area contributed by atoms with Crippen LogP contribution >= 0.6 is 34.8 Å². The van der Waals surface area contributed by atoms with E-state index in [1.807, 2.05) is 0 Å². The number of sulfone groups is 1. The van der Waals surface area contributed by atoms with Gasteiger partial charge in [-0.3, -0.25) is 4.79 Å². The van der Waals surface area contributed by atoms with Crippen LogP contribution in [0.3, 0.4) is 0 Å². The Hall–Kier alpha value is -1.51. The van der Waals surface area contributed by atoms with E-state index in [2.05, 4.69) is 0 Å². The maximum absolute atomic E-state index is 11.7. The Labute approximate surface area is 190 Å². The van der Waals surface area contributed by atoms with E-state index < -0.39 is 15.9 Å². The van der Waals surface area contributed by atoms with Gasteiger partial charge in [0.25, 0.3) is 0 Å². The van der Waals surface area contributed by atoms with Crippen LogP contribution in [-0.2, 0) is 14.6 Å². The fourth-order valence-electron chi connectivity index (χ4n) is 2.37. The number of hydrogen-bond acceptors (Lipinski definition) is 6. The van der Waals surface area contributed by atoms with Gasteiger partial charge in [-0.1, -0.05) is 35.3 Å². The minimum absolute atomic E-state index is 0.0305. The second kappa shape index (κ2) is 11.2. The van der Waals surface area contributed by atoms with Crippen molar-refractivity contribution in [2.24, 2.45) is 0 Å². The summed E-state index contributed by atoms with van der Waals surface area (Å²) < 4.78 is 33.0. The number of benzene rings is 2. The van der Waals surface area contributed by atoms with E-state index in [1.54, 1.807) is 36.4 Å². The highest BCUT2D eigenvalue weighted by atomic mass is 35.5. The van der Waals surface area contributed by atoms with Crippen LogP contribution in [0.25, 0.3) is 11.1 Å². The lowest BCUT2D eigenvalue weighted by atomic mass is 10.1. The summed E-state index contributed by atoms with van der Waals surface area (Å²) in [5, 5.41) is 10.1. The number of aliphatic hydroxyl groups is 1. The van der Waals surface area contributed by atoms with Gasteiger partial charge in [0, 0.05) is 12.7 Å². The summed E-state index contributed by atoms with van der Waals surface area (Å²) in [6.45, 7) is -0.232. The Bertz CT molecular complexity index is 954. The van der Waals surface area contributed by atoms with Crippen molar-refractivity contribution in [1.82, 2.24) is 0 Å². The summed E-state index contributed by atoms with van der Waals surface area (Å²) in [4.78, 5) is 11.7. The summed E-state index contributed by atoms with van der Waals surface area (Å²) in [6.07, 6.45) is 0.175. The number of Topliss-reactive ketones (excluding diaryl/α,β-unsaturated/α-hetero) is 1. The Morgan fingerprint density at radius 3 is 2.20 bits per heavy atom. The molecule has 0 fully saturated rings. The zero-order valence-corrected chi connectivity index (χ0v) is 19.2. The van der Waals surface area contributed by atoms with Crippen molar-refractivity contribution in [3.63, 3.8) is 0 Å². The van der Waals surface area contributed by atoms with Gasteiger partial charge in [0.2, 0.25) is 0 Å². The van der Waals surface area contributed by atoms with Crippen molar-refractivity contribution >= 4 is 50.4 Å². The minimum atomic E-state index is -3.18. The van der Waals surface area contributed by atoms with E-state index in [-0.39, 0.29) is 52.8 Å². The summed E-state index contributed by atoms with van der Waals surface area (Å²) in [7, 11) is -3.18. The molecule has 1 unspecified atom stereocenters. The highest BCUT2D eigenvalue weighted by molar-refractivity contribution is 7.90. The topological polar surface area (TPSA) is 89.9 Å². The van der Waals surface area contributed by atoms with Crippen LogP contribution in [-0.4, -0.2) is 56.5 Å². The molecule has 6 nitrogen and oxygen atoms in total. The van der Waals surface area contributed by atoms with Gasteiger partial charge in [0.1, 0.15) is 34.9 Å². The Morgan fingerprint density at radius 1 is 1.07 bits per heavy atom. The third kappa shape index (κ3) is 7.96. The third-order valence-electron chi connectivity index (χ3n) is 3.94. The first-order valence-corrected chi connectivity index (χ1v) is 12.2. The number of carbonyl (C=O) groups is 1. The predicted molar refractivity (Wildman–Crippen MR) is 119 cm³/mol. The fraction of sp³-hybridized carbons (Fsp3) is 0.350. The lowest BCUT2D eigenvalue weighted by Crippen LogP contribution is -2.19. The van der Waals surface area contributed by atoms with Gasteiger partial charge < -0.3 is 14.6 Å². The van der Waals surface area contributed by atoms with Crippen LogP contribution in [0, 0.1) is 0 Å². The second-order valence-corrected chi connectivity index (χ2v) is 10.0. The number of ether oxygens (including phenoxy) is 2. The number of alkyl halides is 1. The number of rotatable bonds is 11. The van der Waals surface area contributed by atoms with Crippen molar-refractivity contribution in [3.05, 3.63) is 46.4 Å². The Kier molecular flexibility index (Phi) is 9.25. The van der Waals surface area contributed by atoms with Gasteiger partial charge in [-0.2, -0.15) is 0 Å². The average Bonchev–Trinajstić information content (AvgIpc) is 2.69. The first-order valence-electron chi connectivity index (χ1n) is 8.87. The molecule has 10 heteroatoms. The molecule has 164 valence electrons. The van der Waals surface area contributed by atoms with Crippen LogP contribution in [0.1, 0.15) is 6.42 Å². The van der Waals surface area contributed by atoms with Crippen molar-refractivity contribution in [1.29, 1.82) is 0 Å². The number of ketones is 1. The van der Waals surface area contributed by atoms with E-state index in [1.165, 1.54) is 0 Å². The molecule has 0 radical (unpaired) electrons. The molecule has 0 aliphatic rings. The second-order valence-electron chi connectivity index (χ2n) is 6.62. The van der Waals surface area contributed by atoms with Gasteiger partial charge in [-0.05, 0) is 35.4 Å². The van der Waals surface area contributed by atoms with Crippen molar-refractivity contribution < 1.29 is 27.8 Å². The van der Waals surface area contributed by atoms with Crippen LogP contribution < -0.4 is 9.47 Å². The average molecular weight is 496 g/mol. The number of halogens is 3. The minimum Gasteiger partial charge on any atom is -0.488 e. The molecule has 1 N–H and O–H groups in total. The van der Waals surface area contributed by atoms with Gasteiger partial charge >= 0.3 is 0 Å². The van der Waals surface area contributed by atoms with E-state index in [0.717, 1.165) is 17.4 Å². The first kappa shape index (κ1) is 24.8. The van der Waals surface area contributed by atoms with E-state index in [9.17, 15) is 18.3 Å². The van der Waals surface area contributed by atoms with Crippen molar-refractivity contribution in [2.75, 3.05) is 31.1 Å². The molecular formula is C20H21Cl3O6S. The summed E-state index contributed by atoms with van der Waals surface area (Å²) >= 11 is 18.1. The van der Waals surface area contributed by atoms with Gasteiger partial charge in [0.15, 0.2) is 11.5 Å². The van der Waals surface area contributed by atoms with Crippen LogP contribution in [0.2, 0.25) is 10.0 Å². The number of hydrogen-bond donors (Lipinski definition) is 1. The molecule has 30 heavy (non-hydrogen) atoms. The van der Waals surface area contributed by atoms with Gasteiger partial charge in [-0.25, -0.2) is 8.42 Å². The zero-order valence-electron chi connectivity index (χ0n) is 16.1. The van der Waals surface area contributed by atoms with E-state index >= 15 is 0 Å². The zero-order chi connectivity index (χ0) is 22.3. The smallest absolute Gasteiger partial charge is 0.171 e. The SMILES string of the molecule is CS(=O)(=O)CCC(=O)COc1ccc(-c2cc(Cl)c(OCC(O)CCl)c(Cl)c2)cc1. The molecule has 0 spiro atoms. The molecule has 0 saturated carbocycles. The lowest BCUT2D eigenvalue weighted by Gasteiger charge is -2.14. The summed E-state index contributed by atoms with van der Waals surface area (Å²) in [5.74, 6) is 0.279. The standard InChI is InChI=1S/C20H21Cl3O6S/c1-30(26,27)7-6-15(24)11-28-17-4-2-13(3-5-17)14-8-18(22)20(19(23)9-14)29-12-16(25)10-21/h2-5,8-9,16,25H,6-7,10-12H2,1H3. The maximum atomic E-state index is 11.7.